The van der Waals surface area contributed by atoms with Gasteiger partial charge in [0.15, 0.2) is 0 Å². The first-order valence-corrected chi connectivity index (χ1v) is 0. The first kappa shape index (κ1) is 36.2. The molecule has 21 valence electrons. The third-order valence-electron chi connectivity index (χ3n) is 0. The van der Waals surface area contributed by atoms with Crippen molar-refractivity contribution in [2.24, 2.45) is 0 Å². The monoisotopic (exact) mass is 181 g/mol. The summed E-state index contributed by atoms with van der Waals surface area (Å²) in [6, 6.07) is 0. The van der Waals surface area contributed by atoms with E-state index in [0.717, 1.165) is 0 Å². The smallest absolute Gasteiger partial charge is 1.00 e. The molecule has 0 aliphatic heterocycles. The van der Waals surface area contributed by atoms with E-state index in [1.807, 2.05) is 0 Å². The molecule has 0 saturated carbocycles. The van der Waals surface area contributed by atoms with E-state index < -0.39 is 0 Å². The molecule has 0 nitrogen and oxygen atoms in total. The zero-order chi connectivity index (χ0) is 0. The third-order valence-corrected chi connectivity index (χ3v) is 0. The Kier molecular flexibility index (Phi) is 178. The summed E-state index contributed by atoms with van der Waals surface area (Å²) < 4.78 is 0. The molecule has 0 bridgehead atoms. The second-order valence-corrected chi connectivity index (χ2v) is 0. The number of hydrogen-bond acceptors (Lipinski definition) is 0. The quantitative estimate of drug-likeness (QED) is 0.327. The molecular weight excluding hydrogens is 178 g/mol. The Morgan fingerprint density at radius 2 is 1.20 bits per heavy atom. The van der Waals surface area contributed by atoms with E-state index in [9.17, 15) is 0 Å². The van der Waals surface area contributed by atoms with Crippen molar-refractivity contribution in [1.82, 2.24) is 0 Å². The van der Waals surface area contributed by atoms with Gasteiger partial charge in [-0.05, 0) is 0 Å². The summed E-state index contributed by atoms with van der Waals surface area (Å²) in [7, 11) is 0. The van der Waals surface area contributed by atoms with Crippen LogP contribution in [0.3, 0.4) is 0 Å². The van der Waals surface area contributed by atoms with Gasteiger partial charge >= 0.3 is 80.9 Å². The molecule has 0 unspecified atom stereocenters. The zero-order valence-electron chi connectivity index (χ0n) is 5.39. The summed E-state index contributed by atoms with van der Waals surface area (Å²) >= 11 is 0. The average Bonchev–Trinajstić information content (AvgIpc) is 0. The fourth-order valence-corrected chi connectivity index (χ4v) is 0. The first-order chi connectivity index (χ1) is 0. The van der Waals surface area contributed by atoms with Crippen LogP contribution in [0.4, 0.5) is 4.70 Å². The molecule has 0 fully saturated rings. The van der Waals surface area contributed by atoms with Gasteiger partial charge in [0.1, 0.15) is 0 Å². The average molecular weight is 181 g/mol. The van der Waals surface area contributed by atoms with Crippen LogP contribution >= 0.6 is 0 Å². The summed E-state index contributed by atoms with van der Waals surface area (Å²) in [5.41, 5.74) is 0. The first-order valence-electron chi connectivity index (χ1n) is 0. The van der Waals surface area contributed by atoms with Crippen LogP contribution in [0.15, 0.2) is 0 Å². The molecule has 0 spiro atoms. The van der Waals surface area contributed by atoms with Crippen LogP contribution in [0.2, 0.25) is 0 Å². The van der Waals surface area contributed by atoms with Gasteiger partial charge < -0.3 is 2.85 Å². The van der Waals surface area contributed by atoms with Crippen LogP contribution in [-0.2, 0) is 43.2 Å². The summed E-state index contributed by atoms with van der Waals surface area (Å²) in [5.74, 6) is 0. The molecule has 0 saturated heterocycles. The minimum atomic E-state index is 0. The molecule has 0 N–H and O–H groups in total. The molecule has 0 aromatic carbocycles. The van der Waals surface area contributed by atoms with Gasteiger partial charge in [0.25, 0.3) is 0 Å². The maximum Gasteiger partial charge on any atom is 1.00 e. The summed E-state index contributed by atoms with van der Waals surface area (Å²) in [6.45, 7) is 0. The van der Waals surface area contributed by atoms with Gasteiger partial charge in [0.2, 0.25) is 0 Å². The van der Waals surface area contributed by atoms with E-state index in [1.54, 1.807) is 0 Å². The van der Waals surface area contributed by atoms with Crippen molar-refractivity contribution in [3.63, 3.8) is 0 Å². The van der Waals surface area contributed by atoms with E-state index in [2.05, 4.69) is 0 Å². The summed E-state index contributed by atoms with van der Waals surface area (Å²) in [6.07, 6.45) is 0. The van der Waals surface area contributed by atoms with Crippen LogP contribution in [-0.4, -0.2) is 0 Å². The number of rotatable bonds is 0. The zero-order valence-corrected chi connectivity index (χ0v) is 11.6. The Morgan fingerprint density at radius 3 is 1.20 bits per heavy atom. The maximum absolute atomic E-state index is 0. The van der Waals surface area contributed by atoms with Crippen molar-refractivity contribution in [3.05, 3.63) is 0 Å². The van der Waals surface area contributed by atoms with Crippen molar-refractivity contribution in [3.8, 4) is 0 Å². The molecule has 5 heteroatoms. The molecule has 0 amide bonds. The van der Waals surface area contributed by atoms with E-state index in [-0.39, 0.29) is 132 Å². The molecule has 0 heterocycles. The minimum absolute atomic E-state index is 0. The molecular formula is H3CrFKNaSc. The molecule has 0 atom stereocenters. The third kappa shape index (κ3) is 18.0. The van der Waals surface area contributed by atoms with Crippen LogP contribution in [0.25, 0.3) is 0 Å². The minimum Gasteiger partial charge on any atom is -1.00 e. The van der Waals surface area contributed by atoms with Crippen LogP contribution in [0.1, 0.15) is 2.85 Å². The van der Waals surface area contributed by atoms with Gasteiger partial charge in [-0.1, -0.05) is 0 Å². The van der Waals surface area contributed by atoms with E-state index in [4.69, 9.17) is 0 Å². The van der Waals surface area contributed by atoms with Crippen molar-refractivity contribution < 1.29 is 132 Å². The van der Waals surface area contributed by atoms with Gasteiger partial charge in [-0.15, -0.1) is 0 Å². The molecule has 0 aliphatic rings. The Bertz CT molecular complexity index is 17.7. The summed E-state index contributed by atoms with van der Waals surface area (Å²) in [4.78, 5) is 0. The van der Waals surface area contributed by atoms with Crippen molar-refractivity contribution >= 4 is 0 Å². The fourth-order valence-electron chi connectivity index (χ4n) is 0. The van der Waals surface area contributed by atoms with Crippen molar-refractivity contribution in [2.45, 2.75) is 0 Å². The predicted molar refractivity (Wildman–Crippen MR) is 4.73 cm³/mol. The van der Waals surface area contributed by atoms with Gasteiger partial charge in [-0.2, -0.15) is 0 Å². The number of halogens is 1. The fraction of sp³-hybridized carbons (Fsp3) is 0. The Balaban J connectivity index is 0. The second kappa shape index (κ2) is 24.6. The van der Waals surface area contributed by atoms with Gasteiger partial charge in [0.05, 0.1) is 0 Å². The molecule has 5 heavy (non-hydrogen) atoms. The molecule has 1 radical (unpaired) electrons. The van der Waals surface area contributed by atoms with Crippen molar-refractivity contribution in [1.29, 1.82) is 0 Å². The Labute approximate surface area is 128 Å². The van der Waals surface area contributed by atoms with E-state index >= 15 is 0 Å². The Hall–Kier alpha value is 3.97. The van der Waals surface area contributed by atoms with Crippen LogP contribution < -0.4 is 80.9 Å². The van der Waals surface area contributed by atoms with Gasteiger partial charge in [-0.25, -0.2) is 0 Å². The van der Waals surface area contributed by atoms with E-state index in [0.29, 0.717) is 0 Å². The molecule has 0 aliphatic carbocycles. The maximum atomic E-state index is 0. The second-order valence-electron chi connectivity index (χ2n) is 0. The van der Waals surface area contributed by atoms with Gasteiger partial charge in [-0.3, -0.25) is 4.70 Å². The largest absolute Gasteiger partial charge is 1.00 e. The molecule has 0 aromatic rings. The standard InChI is InChI=1S/Cr.FH.K.Na.Sc.2H/h;1H;;;;;/q;;2*+1;;2*-1. The number of hydrogen-bond donors (Lipinski definition) is 0. The normalized spacial score (nSPS) is 0. The van der Waals surface area contributed by atoms with Gasteiger partial charge in [0, 0.05) is 43.2 Å². The topological polar surface area (TPSA) is 0 Å². The van der Waals surface area contributed by atoms with Crippen molar-refractivity contribution in [2.75, 3.05) is 0 Å². The van der Waals surface area contributed by atoms with E-state index in [1.165, 1.54) is 0 Å². The SMILES string of the molecule is F.[Cr].[H-].[H-].[K+].[Na+].[Sc]. The Morgan fingerprint density at radius 1 is 1.20 bits per heavy atom. The predicted octanol–water partition coefficient (Wildman–Crippen LogP) is -5.62. The molecule has 0 aromatic heterocycles. The van der Waals surface area contributed by atoms with Crippen LogP contribution in [0, 0.1) is 0 Å². The summed E-state index contributed by atoms with van der Waals surface area (Å²) in [5, 5.41) is 0. The molecule has 0 rings (SSSR count). The van der Waals surface area contributed by atoms with Crippen LogP contribution in [0.5, 0.6) is 0 Å².